The monoisotopic (exact) mass is 370 g/mol. The van der Waals surface area contributed by atoms with Gasteiger partial charge in [0, 0.05) is 41.9 Å². The Morgan fingerprint density at radius 2 is 1.86 bits per heavy atom. The number of hydrogen-bond acceptors (Lipinski definition) is 2. The molecule has 0 saturated carbocycles. The summed E-state index contributed by atoms with van der Waals surface area (Å²) in [6, 6.07) is 19.8. The Labute approximate surface area is 164 Å². The molecule has 0 saturated heterocycles. The van der Waals surface area contributed by atoms with Crippen molar-refractivity contribution in [3.05, 3.63) is 90.4 Å². The molecule has 0 unspecified atom stereocenters. The molecule has 2 amide bonds. The van der Waals surface area contributed by atoms with Crippen molar-refractivity contribution in [2.75, 3.05) is 5.32 Å². The van der Waals surface area contributed by atoms with Crippen molar-refractivity contribution in [1.82, 2.24) is 14.9 Å². The number of aromatic nitrogens is 2. The van der Waals surface area contributed by atoms with E-state index in [-0.39, 0.29) is 6.03 Å². The molecule has 0 spiro atoms. The molecule has 4 rings (SSSR count). The van der Waals surface area contributed by atoms with Crippen LogP contribution in [0.15, 0.2) is 79.3 Å². The second kappa shape index (κ2) is 7.96. The van der Waals surface area contributed by atoms with Crippen LogP contribution >= 0.6 is 0 Å². The predicted octanol–water partition coefficient (Wildman–Crippen LogP) is 4.91. The summed E-state index contributed by atoms with van der Waals surface area (Å²) in [6.07, 6.45) is 6.63. The standard InChI is InChI=1S/C23H22N4O/c1-2-18-16-27(22-8-4-3-7-21(18)22)20-11-9-19(10-12-20)26-23(28)25-15-17-6-5-13-24-14-17/h3-14,16H,2,15H2,1H3,(H2,25,26,28). The van der Waals surface area contributed by atoms with E-state index in [0.29, 0.717) is 6.54 Å². The van der Waals surface area contributed by atoms with E-state index in [2.05, 4.69) is 57.6 Å². The number of anilines is 1. The summed E-state index contributed by atoms with van der Waals surface area (Å²) in [6.45, 7) is 2.61. The van der Waals surface area contributed by atoms with Crippen LogP contribution < -0.4 is 10.6 Å². The van der Waals surface area contributed by atoms with Crippen molar-refractivity contribution in [2.45, 2.75) is 19.9 Å². The third-order valence-corrected chi connectivity index (χ3v) is 4.75. The highest BCUT2D eigenvalue weighted by atomic mass is 16.2. The molecule has 28 heavy (non-hydrogen) atoms. The molecule has 2 N–H and O–H groups in total. The molecule has 0 fully saturated rings. The van der Waals surface area contributed by atoms with Crippen LogP contribution in [0.2, 0.25) is 0 Å². The second-order valence-electron chi connectivity index (χ2n) is 6.61. The van der Waals surface area contributed by atoms with E-state index in [0.717, 1.165) is 23.4 Å². The molecular formula is C23H22N4O. The van der Waals surface area contributed by atoms with E-state index >= 15 is 0 Å². The van der Waals surface area contributed by atoms with Crippen LogP contribution in [0.25, 0.3) is 16.6 Å². The lowest BCUT2D eigenvalue weighted by molar-refractivity contribution is 0.251. The van der Waals surface area contributed by atoms with Crippen molar-refractivity contribution in [3.63, 3.8) is 0 Å². The lowest BCUT2D eigenvalue weighted by Gasteiger charge is -2.09. The first-order chi connectivity index (χ1) is 13.7. The van der Waals surface area contributed by atoms with Gasteiger partial charge in [-0.3, -0.25) is 4.98 Å². The summed E-state index contributed by atoms with van der Waals surface area (Å²) >= 11 is 0. The minimum Gasteiger partial charge on any atom is -0.334 e. The first kappa shape index (κ1) is 17.8. The zero-order valence-corrected chi connectivity index (χ0v) is 15.7. The van der Waals surface area contributed by atoms with Gasteiger partial charge in [0.05, 0.1) is 5.52 Å². The van der Waals surface area contributed by atoms with Gasteiger partial charge in [-0.05, 0) is 53.9 Å². The number of hydrogen-bond donors (Lipinski definition) is 2. The Morgan fingerprint density at radius 1 is 1.04 bits per heavy atom. The average Bonchev–Trinajstić information content (AvgIpc) is 3.12. The summed E-state index contributed by atoms with van der Waals surface area (Å²) in [5, 5.41) is 6.98. The van der Waals surface area contributed by atoms with Gasteiger partial charge in [-0.25, -0.2) is 4.79 Å². The van der Waals surface area contributed by atoms with Crippen LogP contribution in [0.1, 0.15) is 18.1 Å². The SMILES string of the molecule is CCc1cn(-c2ccc(NC(=O)NCc3cccnc3)cc2)c2ccccc12. The van der Waals surface area contributed by atoms with E-state index in [1.54, 1.807) is 12.4 Å². The maximum absolute atomic E-state index is 12.1. The molecule has 5 heteroatoms. The minimum atomic E-state index is -0.240. The Morgan fingerprint density at radius 3 is 2.61 bits per heavy atom. The zero-order valence-electron chi connectivity index (χ0n) is 15.7. The lowest BCUT2D eigenvalue weighted by atomic mass is 10.1. The number of nitrogens with one attached hydrogen (secondary N) is 2. The third-order valence-electron chi connectivity index (χ3n) is 4.75. The fourth-order valence-electron chi connectivity index (χ4n) is 3.31. The summed E-state index contributed by atoms with van der Waals surface area (Å²) in [5.74, 6) is 0. The smallest absolute Gasteiger partial charge is 0.319 e. The highest BCUT2D eigenvalue weighted by Crippen LogP contribution is 2.25. The quantitative estimate of drug-likeness (QED) is 0.524. The number of carbonyl (C=O) groups is 1. The van der Waals surface area contributed by atoms with Gasteiger partial charge in [0.25, 0.3) is 0 Å². The van der Waals surface area contributed by atoms with Crippen LogP contribution in [-0.2, 0) is 13.0 Å². The van der Waals surface area contributed by atoms with Crippen molar-refractivity contribution >= 4 is 22.6 Å². The highest BCUT2D eigenvalue weighted by molar-refractivity contribution is 5.89. The number of pyridine rings is 1. The maximum atomic E-state index is 12.1. The number of rotatable bonds is 5. The number of para-hydroxylation sites is 1. The number of carbonyl (C=O) groups excluding carboxylic acids is 1. The first-order valence-electron chi connectivity index (χ1n) is 9.38. The van der Waals surface area contributed by atoms with Crippen LogP contribution in [-0.4, -0.2) is 15.6 Å². The number of aryl methyl sites for hydroxylation is 1. The fraction of sp³-hybridized carbons (Fsp3) is 0.130. The normalized spacial score (nSPS) is 10.8. The van der Waals surface area contributed by atoms with Crippen molar-refractivity contribution in [3.8, 4) is 5.69 Å². The zero-order chi connectivity index (χ0) is 19.3. The largest absolute Gasteiger partial charge is 0.334 e. The van der Waals surface area contributed by atoms with Gasteiger partial charge in [-0.1, -0.05) is 31.2 Å². The van der Waals surface area contributed by atoms with Gasteiger partial charge in [0.1, 0.15) is 0 Å². The molecule has 140 valence electrons. The van der Waals surface area contributed by atoms with Gasteiger partial charge in [-0.2, -0.15) is 0 Å². The van der Waals surface area contributed by atoms with Gasteiger partial charge in [-0.15, -0.1) is 0 Å². The van der Waals surface area contributed by atoms with E-state index in [1.165, 1.54) is 16.5 Å². The van der Waals surface area contributed by atoms with Crippen LogP contribution in [0.5, 0.6) is 0 Å². The second-order valence-corrected chi connectivity index (χ2v) is 6.61. The predicted molar refractivity (Wildman–Crippen MR) is 113 cm³/mol. The third kappa shape index (κ3) is 3.74. The molecule has 0 bridgehead atoms. The van der Waals surface area contributed by atoms with E-state index in [1.807, 2.05) is 36.4 Å². The minimum absolute atomic E-state index is 0.240. The number of nitrogens with zero attached hydrogens (tertiary/aromatic N) is 2. The van der Waals surface area contributed by atoms with E-state index < -0.39 is 0 Å². The molecule has 0 aliphatic heterocycles. The molecule has 5 nitrogen and oxygen atoms in total. The van der Waals surface area contributed by atoms with Crippen LogP contribution in [0, 0.1) is 0 Å². The fourth-order valence-corrected chi connectivity index (χ4v) is 3.31. The summed E-state index contributed by atoms with van der Waals surface area (Å²) in [7, 11) is 0. The molecule has 2 aromatic heterocycles. The van der Waals surface area contributed by atoms with Crippen molar-refractivity contribution in [2.24, 2.45) is 0 Å². The molecule has 2 heterocycles. The Balaban J connectivity index is 1.46. The Kier molecular flexibility index (Phi) is 5.06. The van der Waals surface area contributed by atoms with Crippen LogP contribution in [0.3, 0.4) is 0 Å². The molecule has 0 aliphatic rings. The van der Waals surface area contributed by atoms with E-state index in [9.17, 15) is 4.79 Å². The van der Waals surface area contributed by atoms with E-state index in [4.69, 9.17) is 0 Å². The summed E-state index contributed by atoms with van der Waals surface area (Å²) in [5.41, 5.74) is 5.29. The van der Waals surface area contributed by atoms with Gasteiger partial charge in [0.15, 0.2) is 0 Å². The van der Waals surface area contributed by atoms with Crippen molar-refractivity contribution in [1.29, 1.82) is 0 Å². The van der Waals surface area contributed by atoms with Gasteiger partial charge < -0.3 is 15.2 Å². The van der Waals surface area contributed by atoms with Gasteiger partial charge in [0.2, 0.25) is 0 Å². The van der Waals surface area contributed by atoms with Gasteiger partial charge >= 0.3 is 6.03 Å². The first-order valence-corrected chi connectivity index (χ1v) is 9.38. The Bertz CT molecular complexity index is 1080. The highest BCUT2D eigenvalue weighted by Gasteiger charge is 2.08. The molecule has 4 aromatic rings. The molecule has 0 aliphatic carbocycles. The summed E-state index contributed by atoms with van der Waals surface area (Å²) < 4.78 is 2.19. The number of urea groups is 1. The Hall–Kier alpha value is -3.60. The average molecular weight is 370 g/mol. The molecule has 2 aromatic carbocycles. The molecular weight excluding hydrogens is 348 g/mol. The summed E-state index contributed by atoms with van der Waals surface area (Å²) in [4.78, 5) is 16.2. The topological polar surface area (TPSA) is 59.0 Å². The number of fused-ring (bicyclic) bond motifs is 1. The molecule has 0 atom stereocenters. The maximum Gasteiger partial charge on any atom is 0.319 e. The van der Waals surface area contributed by atoms with Crippen molar-refractivity contribution < 1.29 is 4.79 Å². The number of benzene rings is 2. The number of amides is 2. The lowest BCUT2D eigenvalue weighted by Crippen LogP contribution is -2.28. The van der Waals surface area contributed by atoms with Crippen LogP contribution in [0.4, 0.5) is 10.5 Å². The molecule has 0 radical (unpaired) electrons.